The van der Waals surface area contributed by atoms with E-state index in [4.69, 9.17) is 21.7 Å². The molecule has 0 heterocycles. The van der Waals surface area contributed by atoms with Crippen LogP contribution in [-0.2, 0) is 25.6 Å². The van der Waals surface area contributed by atoms with Gasteiger partial charge < -0.3 is 32.3 Å². The lowest BCUT2D eigenvalue weighted by Gasteiger charge is -2.13. The molecule has 154 valence electrons. The summed E-state index contributed by atoms with van der Waals surface area (Å²) < 4.78 is 0. The third-order valence-electron chi connectivity index (χ3n) is 3.90. The van der Waals surface area contributed by atoms with Crippen molar-refractivity contribution >= 4 is 29.4 Å². The van der Waals surface area contributed by atoms with Crippen LogP contribution in [0.1, 0.15) is 31.2 Å². The van der Waals surface area contributed by atoms with E-state index in [-0.39, 0.29) is 12.3 Å². The number of hydrogen-bond donors (Lipinski definition) is 6. The van der Waals surface area contributed by atoms with Crippen molar-refractivity contribution in [1.29, 1.82) is 0 Å². The Morgan fingerprint density at radius 3 is 2.21 bits per heavy atom. The number of carbonyl (C=O) groups excluding carboxylic acids is 2. The predicted molar refractivity (Wildman–Crippen MR) is 101 cm³/mol. The van der Waals surface area contributed by atoms with Crippen LogP contribution in [0.5, 0.6) is 0 Å². The Kier molecular flexibility index (Phi) is 9.61. The van der Waals surface area contributed by atoms with Crippen molar-refractivity contribution in [3.05, 3.63) is 29.8 Å². The molecule has 0 aliphatic rings. The van der Waals surface area contributed by atoms with E-state index in [1.807, 2.05) is 0 Å². The fourth-order valence-corrected chi connectivity index (χ4v) is 2.39. The smallest absolute Gasteiger partial charge is 0.326 e. The number of carboxylic acids is 2. The summed E-state index contributed by atoms with van der Waals surface area (Å²) in [6.07, 6.45) is 1.25. The second kappa shape index (κ2) is 11.7. The van der Waals surface area contributed by atoms with Crippen LogP contribution in [0, 0.1) is 0 Å². The van der Waals surface area contributed by atoms with Gasteiger partial charge in [-0.2, -0.15) is 0 Å². The molecule has 10 nitrogen and oxygen atoms in total. The van der Waals surface area contributed by atoms with Crippen molar-refractivity contribution in [2.75, 3.05) is 11.9 Å². The first-order valence-electron chi connectivity index (χ1n) is 8.82. The lowest BCUT2D eigenvalue weighted by molar-refractivity contribution is -0.147. The molecule has 0 saturated heterocycles. The third-order valence-corrected chi connectivity index (χ3v) is 3.90. The molecular formula is C18H26N4O6. The monoisotopic (exact) mass is 394 g/mol. The lowest BCUT2D eigenvalue weighted by atomic mass is 10.1. The number of nitrogens with two attached hydrogens (primary N) is 2. The van der Waals surface area contributed by atoms with Crippen molar-refractivity contribution in [3.63, 3.8) is 0 Å². The van der Waals surface area contributed by atoms with Gasteiger partial charge in [0.25, 0.3) is 0 Å². The van der Waals surface area contributed by atoms with Crippen molar-refractivity contribution in [3.8, 4) is 0 Å². The minimum Gasteiger partial charge on any atom is -0.481 e. The van der Waals surface area contributed by atoms with Crippen LogP contribution in [0.25, 0.3) is 0 Å². The summed E-state index contributed by atoms with van der Waals surface area (Å²) in [5.74, 6) is -3.68. The number of hydrogen-bond acceptors (Lipinski definition) is 6. The van der Waals surface area contributed by atoms with Gasteiger partial charge in [0.1, 0.15) is 6.04 Å². The second-order valence-corrected chi connectivity index (χ2v) is 6.31. The van der Waals surface area contributed by atoms with Crippen molar-refractivity contribution in [2.24, 2.45) is 11.5 Å². The second-order valence-electron chi connectivity index (χ2n) is 6.31. The van der Waals surface area contributed by atoms with Crippen LogP contribution in [0.3, 0.4) is 0 Å². The number of carboxylic acid groups (broad SMARTS) is 2. The summed E-state index contributed by atoms with van der Waals surface area (Å²) in [6, 6.07) is 4.26. The molecular weight excluding hydrogens is 368 g/mol. The topological polar surface area (TPSA) is 185 Å². The average Bonchev–Trinajstić information content (AvgIpc) is 2.62. The highest BCUT2D eigenvalue weighted by molar-refractivity contribution is 5.94. The number of rotatable bonds is 12. The highest BCUT2D eigenvalue weighted by Crippen LogP contribution is 2.11. The zero-order valence-electron chi connectivity index (χ0n) is 15.4. The van der Waals surface area contributed by atoms with E-state index >= 15 is 0 Å². The zero-order chi connectivity index (χ0) is 21.1. The van der Waals surface area contributed by atoms with Gasteiger partial charge in [-0.3, -0.25) is 14.4 Å². The van der Waals surface area contributed by atoms with Crippen molar-refractivity contribution in [1.82, 2.24) is 5.32 Å². The Labute approximate surface area is 162 Å². The lowest BCUT2D eigenvalue weighted by Crippen LogP contribution is -2.42. The van der Waals surface area contributed by atoms with Crippen LogP contribution < -0.4 is 22.1 Å². The number of aliphatic carboxylic acids is 2. The molecule has 2 atom stereocenters. The molecule has 0 spiro atoms. The number of amides is 2. The summed E-state index contributed by atoms with van der Waals surface area (Å²) in [6.45, 7) is 0.549. The molecule has 0 saturated carbocycles. The van der Waals surface area contributed by atoms with Gasteiger partial charge in [0, 0.05) is 5.69 Å². The average molecular weight is 394 g/mol. The van der Waals surface area contributed by atoms with Crippen LogP contribution in [-0.4, -0.2) is 52.6 Å². The Balaban J connectivity index is 2.55. The molecule has 1 aromatic carbocycles. The van der Waals surface area contributed by atoms with E-state index in [1.165, 1.54) is 0 Å². The molecule has 1 rings (SSSR count). The van der Waals surface area contributed by atoms with E-state index in [1.54, 1.807) is 24.3 Å². The predicted octanol–water partition coefficient (Wildman–Crippen LogP) is -0.332. The third kappa shape index (κ3) is 8.60. The van der Waals surface area contributed by atoms with Crippen molar-refractivity contribution < 1.29 is 29.4 Å². The molecule has 28 heavy (non-hydrogen) atoms. The largest absolute Gasteiger partial charge is 0.481 e. The maximum Gasteiger partial charge on any atom is 0.326 e. The van der Waals surface area contributed by atoms with E-state index in [0.717, 1.165) is 12.8 Å². The summed E-state index contributed by atoms with van der Waals surface area (Å²) in [7, 11) is 0. The van der Waals surface area contributed by atoms with E-state index in [2.05, 4.69) is 10.6 Å². The fourth-order valence-electron chi connectivity index (χ4n) is 2.39. The van der Waals surface area contributed by atoms with Gasteiger partial charge >= 0.3 is 11.9 Å². The van der Waals surface area contributed by atoms with Crippen LogP contribution in [0.15, 0.2) is 24.3 Å². The van der Waals surface area contributed by atoms with Crippen molar-refractivity contribution in [2.45, 2.75) is 44.2 Å². The van der Waals surface area contributed by atoms with Gasteiger partial charge in [0.05, 0.1) is 18.9 Å². The molecule has 0 radical (unpaired) electrons. The van der Waals surface area contributed by atoms with Gasteiger partial charge in [-0.1, -0.05) is 18.6 Å². The number of benzene rings is 1. The number of carbonyl (C=O) groups is 4. The molecule has 1 aromatic rings. The number of unbranched alkanes of at least 4 members (excludes halogenated alkanes) is 1. The molecule has 0 aliphatic carbocycles. The standard InChI is InChI=1S/C18H26N4O6/c19-8-2-1-3-13(20)17(26)21-12-6-4-11(5-7-12)9-15(23)22-14(18(27)28)10-16(24)25/h4-7,13-14H,1-3,8-10,19-20H2,(H,21,26)(H,22,23)(H,24,25)(H,27,28)/t13-,14-/m0/s1. The van der Waals surface area contributed by atoms with Gasteiger partial charge in [0.15, 0.2) is 0 Å². The molecule has 0 aromatic heterocycles. The van der Waals surface area contributed by atoms with E-state index in [9.17, 15) is 19.2 Å². The molecule has 8 N–H and O–H groups in total. The molecule has 0 aliphatic heterocycles. The molecule has 0 unspecified atom stereocenters. The Morgan fingerprint density at radius 1 is 1.04 bits per heavy atom. The van der Waals surface area contributed by atoms with Crippen LogP contribution in [0.2, 0.25) is 0 Å². The summed E-state index contributed by atoms with van der Waals surface area (Å²) >= 11 is 0. The van der Waals surface area contributed by atoms with Gasteiger partial charge in [-0.05, 0) is 37.1 Å². The number of anilines is 1. The molecule has 0 fully saturated rings. The Bertz CT molecular complexity index is 692. The van der Waals surface area contributed by atoms with Gasteiger partial charge in [-0.25, -0.2) is 4.79 Å². The maximum atomic E-state index is 12.0. The fraction of sp³-hybridized carbons (Fsp3) is 0.444. The minimum absolute atomic E-state index is 0.129. The summed E-state index contributed by atoms with van der Waals surface area (Å²) in [5.41, 5.74) is 12.3. The molecule has 2 amide bonds. The van der Waals surface area contributed by atoms with Crippen LogP contribution >= 0.6 is 0 Å². The summed E-state index contributed by atoms with van der Waals surface area (Å²) in [4.78, 5) is 45.5. The maximum absolute atomic E-state index is 12.0. The minimum atomic E-state index is -1.50. The summed E-state index contributed by atoms with van der Waals surface area (Å²) in [5, 5.41) is 22.5. The SMILES string of the molecule is NCCCC[C@H](N)C(=O)Nc1ccc(CC(=O)N[C@@H](CC(=O)O)C(=O)O)cc1. The van der Waals surface area contributed by atoms with Gasteiger partial charge in [0.2, 0.25) is 11.8 Å². The van der Waals surface area contributed by atoms with Gasteiger partial charge in [-0.15, -0.1) is 0 Å². The first-order chi connectivity index (χ1) is 13.2. The number of nitrogens with one attached hydrogen (secondary N) is 2. The van der Waals surface area contributed by atoms with Crippen LogP contribution in [0.4, 0.5) is 5.69 Å². The quantitative estimate of drug-likeness (QED) is 0.260. The van der Waals surface area contributed by atoms with E-state index in [0.29, 0.717) is 24.2 Å². The normalized spacial score (nSPS) is 12.6. The highest BCUT2D eigenvalue weighted by Gasteiger charge is 2.23. The molecule has 10 heteroatoms. The zero-order valence-corrected chi connectivity index (χ0v) is 15.4. The Morgan fingerprint density at radius 2 is 1.68 bits per heavy atom. The first-order valence-corrected chi connectivity index (χ1v) is 8.82. The van der Waals surface area contributed by atoms with E-state index < -0.39 is 36.4 Å². The first kappa shape index (κ1) is 23.1. The highest BCUT2D eigenvalue weighted by atomic mass is 16.4. The Hall–Kier alpha value is -2.98. The molecule has 0 bridgehead atoms.